The molecule has 1 aliphatic heterocycles. The van der Waals surface area contributed by atoms with E-state index in [4.69, 9.17) is 9.47 Å². The molecule has 1 aromatic heterocycles. The topological polar surface area (TPSA) is 170 Å². The molecule has 1 fully saturated rings. The normalized spacial score (nSPS) is 14.7. The summed E-state index contributed by atoms with van der Waals surface area (Å²) in [5, 5.41) is 32.1. The summed E-state index contributed by atoms with van der Waals surface area (Å²) >= 11 is 0. The highest BCUT2D eigenvalue weighted by molar-refractivity contribution is 5.98. The number of likely N-dealkylation sites (tertiary alicyclic amines) is 1. The van der Waals surface area contributed by atoms with Crippen molar-refractivity contribution in [2.75, 3.05) is 19.0 Å². The second-order valence-corrected chi connectivity index (χ2v) is 12.7. The maximum absolute atomic E-state index is 14.2. The Kier molecular flexibility index (Phi) is 10.7. The number of nitrogens with zero attached hydrogens (tertiary/aromatic N) is 3. The number of carbonyl (C=O) groups excluding carboxylic acids is 3. The lowest BCUT2D eigenvalue weighted by atomic mass is 9.97. The van der Waals surface area contributed by atoms with Crippen LogP contribution in [-0.2, 0) is 14.3 Å². The van der Waals surface area contributed by atoms with Gasteiger partial charge in [-0.25, -0.2) is 4.79 Å². The largest absolute Gasteiger partial charge is 0.507 e. The van der Waals surface area contributed by atoms with Crippen molar-refractivity contribution >= 4 is 23.6 Å². The first-order valence-electron chi connectivity index (χ1n) is 16.1. The maximum atomic E-state index is 14.2. The van der Waals surface area contributed by atoms with Gasteiger partial charge in [0.15, 0.2) is 0 Å². The molecule has 12 heteroatoms. The number of methoxy groups -OCH3 is 1. The van der Waals surface area contributed by atoms with Gasteiger partial charge in [0.2, 0.25) is 5.91 Å². The zero-order valence-electron chi connectivity index (χ0n) is 28.2. The van der Waals surface area contributed by atoms with Gasteiger partial charge in [0.05, 0.1) is 36.2 Å². The fourth-order valence-electron chi connectivity index (χ4n) is 5.63. The third-order valence-corrected chi connectivity index (χ3v) is 7.97. The Morgan fingerprint density at radius 2 is 1.78 bits per heavy atom. The summed E-state index contributed by atoms with van der Waals surface area (Å²) < 4.78 is 11.0. The number of nitriles is 1. The van der Waals surface area contributed by atoms with Gasteiger partial charge in [-0.3, -0.25) is 14.7 Å². The van der Waals surface area contributed by atoms with Gasteiger partial charge in [-0.05, 0) is 88.6 Å². The number of benzene rings is 3. The van der Waals surface area contributed by atoms with E-state index in [0.717, 1.165) is 6.42 Å². The molecule has 3 amide bonds. The molecule has 0 unspecified atom stereocenters. The van der Waals surface area contributed by atoms with Gasteiger partial charge >= 0.3 is 6.09 Å². The van der Waals surface area contributed by atoms with Gasteiger partial charge in [0.25, 0.3) is 5.91 Å². The van der Waals surface area contributed by atoms with Crippen LogP contribution in [0.25, 0.3) is 11.3 Å². The van der Waals surface area contributed by atoms with Crippen LogP contribution in [0.4, 0.5) is 10.5 Å². The number of phenols is 1. The molecule has 2 atom stereocenters. The average Bonchev–Trinajstić information content (AvgIpc) is 3.58. The van der Waals surface area contributed by atoms with Gasteiger partial charge in [-0.1, -0.05) is 30.0 Å². The molecule has 50 heavy (non-hydrogen) atoms. The summed E-state index contributed by atoms with van der Waals surface area (Å²) in [6.45, 7) is 5.53. The maximum Gasteiger partial charge on any atom is 0.408 e. The first-order chi connectivity index (χ1) is 24.0. The van der Waals surface area contributed by atoms with Crippen LogP contribution in [0.5, 0.6) is 11.5 Å². The summed E-state index contributed by atoms with van der Waals surface area (Å²) in [5.41, 5.74) is 2.65. The molecule has 0 aliphatic carbocycles. The summed E-state index contributed by atoms with van der Waals surface area (Å²) in [5.74, 6) is 5.71. The minimum Gasteiger partial charge on any atom is -0.507 e. The van der Waals surface area contributed by atoms with Gasteiger partial charge < -0.3 is 30.1 Å². The number of para-hydroxylation sites is 1. The van der Waals surface area contributed by atoms with E-state index in [9.17, 15) is 24.8 Å². The first-order valence-corrected chi connectivity index (χ1v) is 16.1. The third-order valence-electron chi connectivity index (χ3n) is 7.97. The Morgan fingerprint density at radius 1 is 1.04 bits per heavy atom. The highest BCUT2D eigenvalue weighted by Crippen LogP contribution is 2.32. The van der Waals surface area contributed by atoms with Crippen LogP contribution in [-0.4, -0.2) is 63.4 Å². The lowest BCUT2D eigenvalue weighted by Gasteiger charge is -2.37. The molecule has 0 spiro atoms. The summed E-state index contributed by atoms with van der Waals surface area (Å²) in [7, 11) is 1.49. The monoisotopic (exact) mass is 674 g/mol. The van der Waals surface area contributed by atoms with Crippen LogP contribution in [0.15, 0.2) is 72.9 Å². The van der Waals surface area contributed by atoms with Gasteiger partial charge in [0.1, 0.15) is 29.2 Å². The van der Waals surface area contributed by atoms with Crippen molar-refractivity contribution in [1.82, 2.24) is 20.4 Å². The molecule has 1 aliphatic rings. The van der Waals surface area contributed by atoms with E-state index in [1.54, 1.807) is 75.4 Å². The highest BCUT2D eigenvalue weighted by Gasteiger charge is 2.38. The fraction of sp³-hybridized carbons (Fsp3) is 0.289. The van der Waals surface area contributed by atoms with E-state index >= 15 is 0 Å². The van der Waals surface area contributed by atoms with E-state index in [-0.39, 0.29) is 11.7 Å². The van der Waals surface area contributed by atoms with Crippen molar-refractivity contribution < 1.29 is 29.0 Å². The van der Waals surface area contributed by atoms with E-state index < -0.39 is 29.7 Å². The minimum atomic E-state index is -1.15. The molecule has 3 aromatic carbocycles. The van der Waals surface area contributed by atoms with Crippen LogP contribution in [0, 0.1) is 23.2 Å². The number of aromatic nitrogens is 2. The number of aromatic amines is 1. The summed E-state index contributed by atoms with van der Waals surface area (Å²) in [6.07, 6.45) is 2.68. The van der Waals surface area contributed by atoms with Crippen LogP contribution < -0.4 is 15.4 Å². The fourth-order valence-corrected chi connectivity index (χ4v) is 5.63. The molecule has 4 aromatic rings. The number of nitrogens with one attached hydrogen (secondary N) is 3. The van der Waals surface area contributed by atoms with Gasteiger partial charge in [0, 0.05) is 28.9 Å². The zero-order valence-corrected chi connectivity index (χ0v) is 28.2. The lowest BCUT2D eigenvalue weighted by molar-refractivity contribution is -0.142. The second kappa shape index (κ2) is 15.3. The molecule has 12 nitrogen and oxygen atoms in total. The Labute approximate surface area is 290 Å². The first kappa shape index (κ1) is 35.0. The molecule has 0 bridgehead atoms. The molecule has 0 saturated carbocycles. The third kappa shape index (κ3) is 8.41. The van der Waals surface area contributed by atoms with Crippen molar-refractivity contribution in [3.63, 3.8) is 0 Å². The highest BCUT2D eigenvalue weighted by atomic mass is 16.6. The van der Waals surface area contributed by atoms with Crippen LogP contribution in [0.1, 0.15) is 68.3 Å². The Hall–Kier alpha value is -6.27. The number of alkyl carbamates (subject to hydrolysis) is 1. The number of hydrogen-bond acceptors (Lipinski definition) is 8. The average molecular weight is 675 g/mol. The van der Waals surface area contributed by atoms with E-state index in [0.29, 0.717) is 64.3 Å². The molecular weight excluding hydrogens is 636 g/mol. The number of ether oxygens (including phenoxy) is 2. The molecule has 2 heterocycles. The Balaban J connectivity index is 1.32. The molecular formula is C38H38N6O6. The molecule has 0 radical (unpaired) electrons. The summed E-state index contributed by atoms with van der Waals surface area (Å²) in [6, 6.07) is 18.5. The Bertz CT molecular complexity index is 1980. The number of H-pyrrole nitrogens is 1. The van der Waals surface area contributed by atoms with Crippen LogP contribution in [0.3, 0.4) is 0 Å². The molecule has 1 saturated heterocycles. The van der Waals surface area contributed by atoms with Crippen molar-refractivity contribution in [3.8, 4) is 40.7 Å². The van der Waals surface area contributed by atoms with Gasteiger partial charge in [-0.2, -0.15) is 10.4 Å². The zero-order chi connectivity index (χ0) is 35.8. The van der Waals surface area contributed by atoms with Crippen LogP contribution in [0.2, 0.25) is 0 Å². The molecule has 5 rings (SSSR count). The van der Waals surface area contributed by atoms with Crippen LogP contribution >= 0.6 is 0 Å². The second-order valence-electron chi connectivity index (χ2n) is 12.7. The Morgan fingerprint density at radius 3 is 2.50 bits per heavy atom. The van der Waals surface area contributed by atoms with Crippen molar-refractivity contribution in [1.29, 1.82) is 5.26 Å². The number of phenolic OH excluding ortho intramolecular Hbond substituents is 1. The quantitative estimate of drug-likeness (QED) is 0.182. The van der Waals surface area contributed by atoms with Gasteiger partial charge in [-0.15, -0.1) is 0 Å². The standard InChI is InChI=1S/C38H38N6O6/c1-38(2,3)50-37(48)42-34(28-9-5-6-11-32(28)49-4)36(47)44-20-8-7-10-30(44)35(46)41-27-17-13-24(14-18-27)12-16-26-23-40-43-33(26)29-21-25(22-39)15-19-31(29)45/h5-6,9,11,13-15,17-19,21,23,30,34,45H,7-8,10,20H2,1-4H3,(H,40,43)(H,41,46)(H,42,48)/t30-,34+/m0/s1. The number of rotatable bonds is 7. The SMILES string of the molecule is COc1ccccc1[C@@H](NC(=O)OC(C)(C)C)C(=O)N1CCCC[C@H]1C(=O)Nc1ccc(C#Cc2cn[nH]c2-c2cc(C#N)ccc2O)cc1. The smallest absolute Gasteiger partial charge is 0.408 e. The van der Waals surface area contributed by atoms with E-state index in [1.807, 2.05) is 0 Å². The van der Waals surface area contributed by atoms with E-state index in [1.165, 1.54) is 30.3 Å². The van der Waals surface area contributed by atoms with Crippen molar-refractivity contribution in [3.05, 3.63) is 95.2 Å². The van der Waals surface area contributed by atoms with Crippen molar-refractivity contribution in [2.45, 2.75) is 57.7 Å². The predicted molar refractivity (Wildman–Crippen MR) is 186 cm³/mol. The molecule has 256 valence electrons. The van der Waals surface area contributed by atoms with Crippen molar-refractivity contribution in [2.24, 2.45) is 0 Å². The predicted octanol–water partition coefficient (Wildman–Crippen LogP) is 5.65. The lowest BCUT2D eigenvalue weighted by Crippen LogP contribution is -2.54. The molecule has 4 N–H and O–H groups in total. The number of hydrogen-bond donors (Lipinski definition) is 4. The number of aromatic hydroxyl groups is 1. The number of carbonyl (C=O) groups is 3. The summed E-state index contributed by atoms with van der Waals surface area (Å²) in [4.78, 5) is 42.2. The number of anilines is 1. The van der Waals surface area contributed by atoms with E-state index in [2.05, 4.69) is 38.7 Å². The minimum absolute atomic E-state index is 0.00996. The number of piperidine rings is 1. The number of amides is 3.